The van der Waals surface area contributed by atoms with Gasteiger partial charge in [-0.1, -0.05) is 19.9 Å². The zero-order valence-corrected chi connectivity index (χ0v) is 12.2. The lowest BCUT2D eigenvalue weighted by molar-refractivity contribution is 0.0506. The predicted molar refractivity (Wildman–Crippen MR) is 73.2 cm³/mol. The molecular formula is C13H20BrNO2. The minimum absolute atomic E-state index is 0.267. The van der Waals surface area contributed by atoms with E-state index in [1.807, 2.05) is 6.07 Å². The standard InChI is InChI=1S/C13H20BrNO2/c1-10(2)7-15-8-11-4-5-13(12(14)6-11)17-9-16-3/h4-6,10,15H,7-9H2,1-3H3. The summed E-state index contributed by atoms with van der Waals surface area (Å²) in [7, 11) is 1.61. The molecule has 3 nitrogen and oxygen atoms in total. The summed E-state index contributed by atoms with van der Waals surface area (Å²) < 4.78 is 11.2. The van der Waals surface area contributed by atoms with E-state index >= 15 is 0 Å². The summed E-state index contributed by atoms with van der Waals surface area (Å²) >= 11 is 3.49. The van der Waals surface area contributed by atoms with Gasteiger partial charge in [0.25, 0.3) is 0 Å². The summed E-state index contributed by atoms with van der Waals surface area (Å²) in [6.07, 6.45) is 0. The summed E-state index contributed by atoms with van der Waals surface area (Å²) in [5.74, 6) is 1.47. The first-order chi connectivity index (χ1) is 8.13. The lowest BCUT2D eigenvalue weighted by Crippen LogP contribution is -2.18. The highest BCUT2D eigenvalue weighted by Crippen LogP contribution is 2.25. The van der Waals surface area contributed by atoms with Crippen LogP contribution in [-0.2, 0) is 11.3 Å². The quantitative estimate of drug-likeness (QED) is 0.785. The van der Waals surface area contributed by atoms with Crippen molar-refractivity contribution in [3.8, 4) is 5.75 Å². The number of ether oxygens (including phenoxy) is 2. The van der Waals surface area contributed by atoms with Crippen molar-refractivity contribution in [3.05, 3.63) is 28.2 Å². The fourth-order valence-electron chi connectivity index (χ4n) is 1.40. The summed E-state index contributed by atoms with van der Waals surface area (Å²) in [6.45, 7) is 6.57. The highest BCUT2D eigenvalue weighted by molar-refractivity contribution is 9.10. The molecule has 0 aliphatic heterocycles. The number of rotatable bonds is 7. The molecule has 1 aromatic rings. The molecule has 0 aliphatic carbocycles. The Morgan fingerprint density at radius 3 is 2.71 bits per heavy atom. The topological polar surface area (TPSA) is 30.5 Å². The summed E-state index contributed by atoms with van der Waals surface area (Å²) in [6, 6.07) is 6.08. The summed E-state index contributed by atoms with van der Waals surface area (Å²) in [5, 5.41) is 3.40. The van der Waals surface area contributed by atoms with Crippen molar-refractivity contribution < 1.29 is 9.47 Å². The molecule has 96 valence electrons. The van der Waals surface area contributed by atoms with Gasteiger partial charge in [-0.2, -0.15) is 0 Å². The SMILES string of the molecule is COCOc1ccc(CNCC(C)C)cc1Br. The first-order valence-electron chi connectivity index (χ1n) is 5.74. The smallest absolute Gasteiger partial charge is 0.188 e. The van der Waals surface area contributed by atoms with E-state index in [-0.39, 0.29) is 6.79 Å². The third-order valence-corrected chi connectivity index (χ3v) is 2.83. The van der Waals surface area contributed by atoms with Crippen LogP contribution in [0.1, 0.15) is 19.4 Å². The van der Waals surface area contributed by atoms with Gasteiger partial charge < -0.3 is 14.8 Å². The fourth-order valence-corrected chi connectivity index (χ4v) is 1.94. The first kappa shape index (κ1) is 14.5. The lowest BCUT2D eigenvalue weighted by atomic mass is 10.2. The molecule has 0 heterocycles. The van der Waals surface area contributed by atoms with Crippen molar-refractivity contribution in [2.24, 2.45) is 5.92 Å². The Balaban J connectivity index is 2.50. The van der Waals surface area contributed by atoms with Gasteiger partial charge in [0.2, 0.25) is 0 Å². The zero-order valence-electron chi connectivity index (χ0n) is 10.6. The molecule has 0 saturated carbocycles. The average molecular weight is 302 g/mol. The molecule has 4 heteroatoms. The van der Waals surface area contributed by atoms with E-state index in [2.05, 4.69) is 47.2 Å². The molecule has 0 radical (unpaired) electrons. The van der Waals surface area contributed by atoms with Crippen molar-refractivity contribution in [3.63, 3.8) is 0 Å². The third kappa shape index (κ3) is 5.52. The highest BCUT2D eigenvalue weighted by Gasteiger charge is 2.02. The minimum atomic E-state index is 0.267. The lowest BCUT2D eigenvalue weighted by Gasteiger charge is -2.10. The van der Waals surface area contributed by atoms with Crippen LogP contribution in [0.25, 0.3) is 0 Å². The number of hydrogen-bond acceptors (Lipinski definition) is 3. The molecule has 0 spiro atoms. The van der Waals surface area contributed by atoms with Gasteiger partial charge >= 0.3 is 0 Å². The number of nitrogens with one attached hydrogen (secondary N) is 1. The van der Waals surface area contributed by atoms with Crippen LogP contribution in [0.3, 0.4) is 0 Å². The molecule has 0 fully saturated rings. The van der Waals surface area contributed by atoms with E-state index in [1.54, 1.807) is 7.11 Å². The molecule has 17 heavy (non-hydrogen) atoms. The van der Waals surface area contributed by atoms with E-state index in [0.29, 0.717) is 5.92 Å². The van der Waals surface area contributed by atoms with Gasteiger partial charge in [-0.15, -0.1) is 0 Å². The van der Waals surface area contributed by atoms with Crippen molar-refractivity contribution in [2.75, 3.05) is 20.4 Å². The molecule has 0 aromatic heterocycles. The molecule has 0 bridgehead atoms. The van der Waals surface area contributed by atoms with Gasteiger partial charge in [0.05, 0.1) is 4.47 Å². The molecule has 1 aromatic carbocycles. The molecule has 0 unspecified atom stereocenters. The monoisotopic (exact) mass is 301 g/mol. The molecule has 0 amide bonds. The number of halogens is 1. The maximum atomic E-state index is 5.39. The van der Waals surface area contributed by atoms with Crippen LogP contribution in [0.5, 0.6) is 5.75 Å². The zero-order chi connectivity index (χ0) is 12.7. The van der Waals surface area contributed by atoms with E-state index in [9.17, 15) is 0 Å². The van der Waals surface area contributed by atoms with Crippen LogP contribution >= 0.6 is 15.9 Å². The molecule has 0 atom stereocenters. The summed E-state index contributed by atoms with van der Waals surface area (Å²) in [4.78, 5) is 0. The van der Waals surface area contributed by atoms with E-state index < -0.39 is 0 Å². The van der Waals surface area contributed by atoms with Crippen molar-refractivity contribution in [2.45, 2.75) is 20.4 Å². The van der Waals surface area contributed by atoms with Gasteiger partial charge in [-0.05, 0) is 46.1 Å². The Morgan fingerprint density at radius 1 is 1.35 bits per heavy atom. The third-order valence-electron chi connectivity index (χ3n) is 2.21. The van der Waals surface area contributed by atoms with Crippen LogP contribution in [0.2, 0.25) is 0 Å². The van der Waals surface area contributed by atoms with Gasteiger partial charge in [-0.3, -0.25) is 0 Å². The Bertz CT molecular complexity index is 342. The molecule has 0 saturated heterocycles. The minimum Gasteiger partial charge on any atom is -0.466 e. The van der Waals surface area contributed by atoms with Gasteiger partial charge in [0.15, 0.2) is 6.79 Å². The van der Waals surface area contributed by atoms with Gasteiger partial charge in [-0.25, -0.2) is 0 Å². The average Bonchev–Trinajstić information content (AvgIpc) is 2.27. The van der Waals surface area contributed by atoms with Crippen molar-refractivity contribution in [1.82, 2.24) is 5.32 Å². The number of benzene rings is 1. The Labute approximate surface area is 112 Å². The van der Waals surface area contributed by atoms with Gasteiger partial charge in [0, 0.05) is 13.7 Å². The van der Waals surface area contributed by atoms with E-state index in [4.69, 9.17) is 9.47 Å². The second-order valence-electron chi connectivity index (χ2n) is 4.34. The Kier molecular flexibility index (Phi) is 6.55. The second kappa shape index (κ2) is 7.69. The first-order valence-corrected chi connectivity index (χ1v) is 6.53. The van der Waals surface area contributed by atoms with Crippen LogP contribution < -0.4 is 10.1 Å². The van der Waals surface area contributed by atoms with E-state index in [0.717, 1.165) is 23.3 Å². The summed E-state index contributed by atoms with van der Waals surface area (Å²) in [5.41, 5.74) is 1.24. The highest BCUT2D eigenvalue weighted by atomic mass is 79.9. The van der Waals surface area contributed by atoms with Crippen LogP contribution in [0.15, 0.2) is 22.7 Å². The van der Waals surface area contributed by atoms with Crippen molar-refractivity contribution >= 4 is 15.9 Å². The van der Waals surface area contributed by atoms with Crippen LogP contribution in [0, 0.1) is 5.92 Å². The second-order valence-corrected chi connectivity index (χ2v) is 5.19. The van der Waals surface area contributed by atoms with E-state index in [1.165, 1.54) is 5.56 Å². The normalized spacial score (nSPS) is 10.9. The number of hydrogen-bond donors (Lipinski definition) is 1. The molecule has 0 aliphatic rings. The Morgan fingerprint density at radius 2 is 2.12 bits per heavy atom. The van der Waals surface area contributed by atoms with Crippen molar-refractivity contribution in [1.29, 1.82) is 0 Å². The van der Waals surface area contributed by atoms with Gasteiger partial charge in [0.1, 0.15) is 5.75 Å². The van der Waals surface area contributed by atoms with Crippen LogP contribution in [0.4, 0.5) is 0 Å². The fraction of sp³-hybridized carbons (Fsp3) is 0.538. The molecular weight excluding hydrogens is 282 g/mol. The predicted octanol–water partition coefficient (Wildman–Crippen LogP) is 3.18. The maximum absolute atomic E-state index is 5.39. The largest absolute Gasteiger partial charge is 0.466 e. The maximum Gasteiger partial charge on any atom is 0.188 e. The molecule has 1 N–H and O–H groups in total. The van der Waals surface area contributed by atoms with Crippen LogP contribution in [-0.4, -0.2) is 20.4 Å². The molecule has 1 rings (SSSR count). The number of methoxy groups -OCH3 is 1. The Hall–Kier alpha value is -0.580.